The molecule has 0 aliphatic heterocycles. The van der Waals surface area contributed by atoms with E-state index in [4.69, 9.17) is 11.6 Å². The van der Waals surface area contributed by atoms with Gasteiger partial charge in [0.1, 0.15) is 5.02 Å². The number of halogens is 3. The molecular formula is C8H4ClF2NO3. The number of carbonyl (C=O) groups excluding carboxylic acids is 1. The van der Waals surface area contributed by atoms with Gasteiger partial charge in [0.2, 0.25) is 5.78 Å². The van der Waals surface area contributed by atoms with Crippen molar-refractivity contribution in [1.29, 1.82) is 0 Å². The molecule has 0 atom stereocenters. The fourth-order valence-corrected chi connectivity index (χ4v) is 1.18. The number of carbonyl (C=O) groups is 1. The predicted octanol–water partition coefficient (Wildman–Crippen LogP) is 2.70. The highest BCUT2D eigenvalue weighted by atomic mass is 35.5. The van der Waals surface area contributed by atoms with Crippen LogP contribution in [0.2, 0.25) is 5.02 Å². The molecule has 1 rings (SSSR count). The fraction of sp³-hybridized carbons (Fsp3) is 0.125. The highest BCUT2D eigenvalue weighted by Crippen LogP contribution is 2.25. The highest BCUT2D eigenvalue weighted by molar-refractivity contribution is 6.33. The molecule has 0 aliphatic rings. The first-order valence-electron chi connectivity index (χ1n) is 3.70. The third-order valence-corrected chi connectivity index (χ3v) is 1.93. The standard InChI is InChI=1S/C8H4ClF2NO3/c9-5-3-4(7(13)8(10)11)1-2-6(5)12(14)15/h1-3,8H. The molecule has 0 fully saturated rings. The van der Waals surface area contributed by atoms with Gasteiger partial charge in [-0.25, -0.2) is 8.78 Å². The maximum absolute atomic E-state index is 12.0. The van der Waals surface area contributed by atoms with Crippen molar-refractivity contribution in [3.8, 4) is 0 Å². The second-order valence-corrected chi connectivity index (χ2v) is 3.00. The van der Waals surface area contributed by atoms with E-state index in [1.807, 2.05) is 0 Å². The molecule has 0 heterocycles. The van der Waals surface area contributed by atoms with Crippen molar-refractivity contribution in [1.82, 2.24) is 0 Å². The van der Waals surface area contributed by atoms with Crippen LogP contribution >= 0.6 is 11.6 Å². The molecule has 0 bridgehead atoms. The van der Waals surface area contributed by atoms with Gasteiger partial charge in [-0.15, -0.1) is 0 Å². The van der Waals surface area contributed by atoms with E-state index in [2.05, 4.69) is 0 Å². The van der Waals surface area contributed by atoms with Gasteiger partial charge in [0.15, 0.2) is 0 Å². The lowest BCUT2D eigenvalue weighted by Crippen LogP contribution is -2.10. The minimum Gasteiger partial charge on any atom is -0.288 e. The second kappa shape index (κ2) is 4.31. The smallest absolute Gasteiger partial charge is 0.288 e. The number of nitro groups is 1. The number of hydrogen-bond donors (Lipinski definition) is 0. The SMILES string of the molecule is O=C(c1ccc([N+](=O)[O-])c(Cl)c1)C(F)F. The van der Waals surface area contributed by atoms with Crippen molar-refractivity contribution in [3.05, 3.63) is 38.9 Å². The summed E-state index contributed by atoms with van der Waals surface area (Å²) in [6.07, 6.45) is -3.15. The number of hydrogen-bond acceptors (Lipinski definition) is 3. The molecule has 0 spiro atoms. The third-order valence-electron chi connectivity index (χ3n) is 1.63. The van der Waals surface area contributed by atoms with E-state index in [-0.39, 0.29) is 10.6 Å². The summed E-state index contributed by atoms with van der Waals surface area (Å²) in [6.45, 7) is 0. The fourth-order valence-electron chi connectivity index (χ4n) is 0.934. The number of nitro benzene ring substituents is 1. The molecule has 0 radical (unpaired) electrons. The van der Waals surface area contributed by atoms with Gasteiger partial charge in [-0.1, -0.05) is 11.6 Å². The highest BCUT2D eigenvalue weighted by Gasteiger charge is 2.20. The Morgan fingerprint density at radius 3 is 2.47 bits per heavy atom. The number of nitrogens with zero attached hydrogens (tertiary/aromatic N) is 1. The van der Waals surface area contributed by atoms with E-state index in [1.165, 1.54) is 0 Å². The molecule has 1 aromatic carbocycles. The molecule has 0 saturated heterocycles. The van der Waals surface area contributed by atoms with Gasteiger partial charge in [-0.3, -0.25) is 14.9 Å². The van der Waals surface area contributed by atoms with Crippen LogP contribution in [0.25, 0.3) is 0 Å². The van der Waals surface area contributed by atoms with Crippen LogP contribution in [0.4, 0.5) is 14.5 Å². The Hall–Kier alpha value is -1.56. The molecule has 0 aliphatic carbocycles. The molecule has 0 aromatic heterocycles. The summed E-state index contributed by atoms with van der Waals surface area (Å²) in [7, 11) is 0. The lowest BCUT2D eigenvalue weighted by atomic mass is 10.1. The molecule has 4 nitrogen and oxygen atoms in total. The Kier molecular flexibility index (Phi) is 3.31. The summed E-state index contributed by atoms with van der Waals surface area (Å²) in [5.74, 6) is -1.41. The molecule has 0 unspecified atom stereocenters. The van der Waals surface area contributed by atoms with Crippen LogP contribution < -0.4 is 0 Å². The van der Waals surface area contributed by atoms with Gasteiger partial charge in [0.05, 0.1) is 4.92 Å². The van der Waals surface area contributed by atoms with Crippen LogP contribution in [0.3, 0.4) is 0 Å². The lowest BCUT2D eigenvalue weighted by molar-refractivity contribution is -0.384. The summed E-state index contributed by atoms with van der Waals surface area (Å²) < 4.78 is 24.0. The average molecular weight is 236 g/mol. The number of alkyl halides is 2. The molecule has 0 amide bonds. The number of Topliss-reactive ketones (excluding diaryl/α,β-unsaturated/α-hetero) is 1. The lowest BCUT2D eigenvalue weighted by Gasteiger charge is -2.00. The van der Waals surface area contributed by atoms with E-state index < -0.39 is 22.8 Å². The number of ketones is 1. The van der Waals surface area contributed by atoms with Crippen LogP contribution in [0.1, 0.15) is 10.4 Å². The van der Waals surface area contributed by atoms with E-state index in [1.54, 1.807) is 0 Å². The maximum atomic E-state index is 12.0. The Bertz CT molecular complexity index is 422. The summed E-state index contributed by atoms with van der Waals surface area (Å²) >= 11 is 5.43. The largest absolute Gasteiger partial charge is 0.300 e. The zero-order valence-electron chi connectivity index (χ0n) is 7.12. The Balaban J connectivity index is 3.12. The minimum absolute atomic E-state index is 0.341. The van der Waals surface area contributed by atoms with Crippen LogP contribution in [-0.2, 0) is 0 Å². The van der Waals surface area contributed by atoms with Crippen molar-refractivity contribution >= 4 is 23.1 Å². The van der Waals surface area contributed by atoms with Crippen LogP contribution in [-0.4, -0.2) is 17.1 Å². The van der Waals surface area contributed by atoms with Gasteiger partial charge < -0.3 is 0 Å². The number of rotatable bonds is 3. The summed E-state index contributed by atoms with van der Waals surface area (Å²) in [4.78, 5) is 20.4. The van der Waals surface area contributed by atoms with Crippen LogP contribution in [0.15, 0.2) is 18.2 Å². The molecule has 1 aromatic rings. The van der Waals surface area contributed by atoms with E-state index in [9.17, 15) is 23.7 Å². The van der Waals surface area contributed by atoms with Crippen molar-refractivity contribution in [3.63, 3.8) is 0 Å². The zero-order chi connectivity index (χ0) is 11.6. The molecule has 0 N–H and O–H groups in total. The molecule has 80 valence electrons. The molecule has 15 heavy (non-hydrogen) atoms. The summed E-state index contributed by atoms with van der Waals surface area (Å²) in [6, 6.07) is 2.71. The van der Waals surface area contributed by atoms with Gasteiger partial charge in [-0.05, 0) is 12.1 Å². The Morgan fingerprint density at radius 2 is 2.07 bits per heavy atom. The quantitative estimate of drug-likeness (QED) is 0.460. The van der Waals surface area contributed by atoms with Gasteiger partial charge in [0.25, 0.3) is 5.69 Å². The van der Waals surface area contributed by atoms with Gasteiger partial charge >= 0.3 is 6.43 Å². The minimum atomic E-state index is -3.15. The average Bonchev–Trinajstić information content (AvgIpc) is 2.15. The van der Waals surface area contributed by atoms with Crippen LogP contribution in [0.5, 0.6) is 0 Å². The third kappa shape index (κ3) is 2.47. The first-order chi connectivity index (χ1) is 6.93. The van der Waals surface area contributed by atoms with Crippen LogP contribution in [0, 0.1) is 10.1 Å². The van der Waals surface area contributed by atoms with E-state index >= 15 is 0 Å². The first-order valence-corrected chi connectivity index (χ1v) is 4.07. The zero-order valence-corrected chi connectivity index (χ0v) is 7.87. The number of benzene rings is 1. The van der Waals surface area contributed by atoms with Crippen molar-refractivity contribution in [2.75, 3.05) is 0 Å². The summed E-state index contributed by atoms with van der Waals surface area (Å²) in [5.41, 5.74) is -0.775. The second-order valence-electron chi connectivity index (χ2n) is 2.59. The van der Waals surface area contributed by atoms with Gasteiger partial charge in [-0.2, -0.15) is 0 Å². The molecular weight excluding hydrogens is 232 g/mol. The summed E-state index contributed by atoms with van der Waals surface area (Å²) in [5, 5.41) is 9.98. The maximum Gasteiger partial charge on any atom is 0.300 e. The predicted molar refractivity (Wildman–Crippen MR) is 48.4 cm³/mol. The topological polar surface area (TPSA) is 60.2 Å². The van der Waals surface area contributed by atoms with E-state index in [0.29, 0.717) is 0 Å². The monoisotopic (exact) mass is 235 g/mol. The first kappa shape index (κ1) is 11.5. The molecule has 7 heteroatoms. The molecule has 0 saturated carbocycles. The Morgan fingerprint density at radius 1 is 1.47 bits per heavy atom. The van der Waals surface area contributed by atoms with Crippen molar-refractivity contribution in [2.45, 2.75) is 6.43 Å². The Labute approximate surface area is 87.6 Å². The van der Waals surface area contributed by atoms with Crippen molar-refractivity contribution < 1.29 is 18.5 Å². The van der Waals surface area contributed by atoms with Gasteiger partial charge in [0, 0.05) is 11.6 Å². The normalized spacial score (nSPS) is 10.4. The van der Waals surface area contributed by atoms with E-state index in [0.717, 1.165) is 18.2 Å². The van der Waals surface area contributed by atoms with Crippen molar-refractivity contribution in [2.24, 2.45) is 0 Å².